The molecule has 0 saturated heterocycles. The lowest BCUT2D eigenvalue weighted by Crippen LogP contribution is -2.21. The number of nitrogens with zero attached hydrogens (tertiary/aromatic N) is 3. The van der Waals surface area contributed by atoms with Crippen LogP contribution in [0.3, 0.4) is 0 Å². The van der Waals surface area contributed by atoms with Crippen molar-refractivity contribution in [3.05, 3.63) is 52.1 Å². The Morgan fingerprint density at radius 3 is 2.67 bits per heavy atom. The Hall–Kier alpha value is -2.58. The van der Waals surface area contributed by atoms with Gasteiger partial charge in [0, 0.05) is 16.4 Å². The van der Waals surface area contributed by atoms with Crippen LogP contribution in [-0.2, 0) is 10.5 Å². The molecule has 0 aliphatic carbocycles. The van der Waals surface area contributed by atoms with Crippen molar-refractivity contribution in [3.63, 3.8) is 0 Å². The molecule has 0 bridgehead atoms. The first-order chi connectivity index (χ1) is 12.7. The number of H-pyrrole nitrogens is 1. The maximum atomic E-state index is 10.6. The molecule has 0 unspecified atom stereocenters. The molecular formula is C16H10BrF3N4O2S. The number of rotatable bonds is 3. The van der Waals surface area contributed by atoms with Crippen LogP contribution >= 0.6 is 27.7 Å². The zero-order chi connectivity index (χ0) is 20.0. The SMILES string of the molecule is N#Cc1ccccc1CSc1nc2ncc(Br)cc2[nH]1.O=C(O)C(F)(F)F. The van der Waals surface area contributed by atoms with Crippen LogP contribution in [0.2, 0.25) is 0 Å². The quantitative estimate of drug-likeness (QED) is 0.559. The topological polar surface area (TPSA) is 103 Å². The first-order valence-electron chi connectivity index (χ1n) is 7.13. The lowest BCUT2D eigenvalue weighted by atomic mass is 10.1. The second-order valence-electron chi connectivity index (χ2n) is 4.93. The van der Waals surface area contributed by atoms with Crippen molar-refractivity contribution >= 4 is 44.8 Å². The Bertz CT molecular complexity index is 1000. The Balaban J connectivity index is 0.000000321. The van der Waals surface area contributed by atoms with E-state index in [0.29, 0.717) is 17.0 Å². The minimum Gasteiger partial charge on any atom is -0.475 e. The van der Waals surface area contributed by atoms with Crippen LogP contribution in [0, 0.1) is 11.3 Å². The average Bonchev–Trinajstić information content (AvgIpc) is 3.01. The monoisotopic (exact) mass is 458 g/mol. The molecule has 0 atom stereocenters. The molecule has 3 aromatic rings. The highest BCUT2D eigenvalue weighted by atomic mass is 79.9. The zero-order valence-corrected chi connectivity index (χ0v) is 15.7. The molecule has 140 valence electrons. The molecule has 0 aliphatic rings. The fraction of sp³-hybridized carbons (Fsp3) is 0.125. The maximum Gasteiger partial charge on any atom is 0.490 e. The average molecular weight is 459 g/mol. The van der Waals surface area contributed by atoms with Crippen LogP contribution in [0.4, 0.5) is 13.2 Å². The highest BCUT2D eigenvalue weighted by molar-refractivity contribution is 9.10. The second kappa shape index (κ2) is 8.88. The van der Waals surface area contributed by atoms with Gasteiger partial charge in [0.1, 0.15) is 0 Å². The third-order valence-corrected chi connectivity index (χ3v) is 4.38. The van der Waals surface area contributed by atoms with E-state index in [0.717, 1.165) is 20.7 Å². The van der Waals surface area contributed by atoms with E-state index < -0.39 is 12.1 Å². The normalized spacial score (nSPS) is 10.8. The number of aromatic nitrogens is 3. The van der Waals surface area contributed by atoms with Gasteiger partial charge in [0.15, 0.2) is 10.8 Å². The summed E-state index contributed by atoms with van der Waals surface area (Å²) in [4.78, 5) is 20.8. The molecule has 0 amide bonds. The number of imidazole rings is 1. The van der Waals surface area contributed by atoms with Gasteiger partial charge in [-0.2, -0.15) is 18.4 Å². The molecule has 2 N–H and O–H groups in total. The van der Waals surface area contributed by atoms with Gasteiger partial charge >= 0.3 is 12.1 Å². The van der Waals surface area contributed by atoms with E-state index in [2.05, 4.69) is 37.0 Å². The molecule has 0 radical (unpaired) electrons. The number of carboxylic acids is 1. The van der Waals surface area contributed by atoms with Crippen LogP contribution in [0.15, 0.2) is 46.2 Å². The summed E-state index contributed by atoms with van der Waals surface area (Å²) in [6.45, 7) is 0. The van der Waals surface area contributed by atoms with Crippen molar-refractivity contribution in [2.45, 2.75) is 17.1 Å². The van der Waals surface area contributed by atoms with Gasteiger partial charge in [0.2, 0.25) is 0 Å². The number of thioether (sulfide) groups is 1. The van der Waals surface area contributed by atoms with E-state index >= 15 is 0 Å². The third-order valence-electron chi connectivity index (χ3n) is 3.03. The van der Waals surface area contributed by atoms with Gasteiger partial charge in [-0.25, -0.2) is 14.8 Å². The molecule has 6 nitrogen and oxygen atoms in total. The van der Waals surface area contributed by atoms with Gasteiger partial charge in [-0.3, -0.25) is 0 Å². The molecule has 0 saturated carbocycles. The summed E-state index contributed by atoms with van der Waals surface area (Å²) in [7, 11) is 0. The number of carbonyl (C=O) groups is 1. The van der Waals surface area contributed by atoms with E-state index in [4.69, 9.17) is 15.2 Å². The van der Waals surface area contributed by atoms with Gasteiger partial charge in [-0.1, -0.05) is 30.0 Å². The Labute approximate surface area is 163 Å². The number of benzene rings is 1. The molecule has 27 heavy (non-hydrogen) atoms. The van der Waals surface area contributed by atoms with Crippen LogP contribution in [0.1, 0.15) is 11.1 Å². The predicted octanol–water partition coefficient (Wildman–Crippen LogP) is 4.52. The molecule has 2 aromatic heterocycles. The molecule has 0 aliphatic heterocycles. The summed E-state index contributed by atoms with van der Waals surface area (Å²) in [5.74, 6) is -2.06. The van der Waals surface area contributed by atoms with Crippen molar-refractivity contribution in [1.82, 2.24) is 15.0 Å². The van der Waals surface area contributed by atoms with E-state index in [1.165, 1.54) is 0 Å². The second-order valence-corrected chi connectivity index (χ2v) is 6.81. The van der Waals surface area contributed by atoms with Crippen LogP contribution in [-0.4, -0.2) is 32.2 Å². The molecule has 0 spiro atoms. The van der Waals surface area contributed by atoms with Gasteiger partial charge in [0.05, 0.1) is 17.1 Å². The number of fused-ring (bicyclic) bond motifs is 1. The van der Waals surface area contributed by atoms with Crippen molar-refractivity contribution in [2.24, 2.45) is 0 Å². The number of halogens is 4. The fourth-order valence-corrected chi connectivity index (χ4v) is 3.03. The molecule has 0 fully saturated rings. The maximum absolute atomic E-state index is 10.6. The zero-order valence-electron chi connectivity index (χ0n) is 13.3. The van der Waals surface area contributed by atoms with Crippen molar-refractivity contribution in [1.29, 1.82) is 5.26 Å². The van der Waals surface area contributed by atoms with E-state index in [-0.39, 0.29) is 0 Å². The largest absolute Gasteiger partial charge is 0.490 e. The Morgan fingerprint density at radius 2 is 2.04 bits per heavy atom. The molecule has 1 aromatic carbocycles. The summed E-state index contributed by atoms with van der Waals surface area (Å²) in [6, 6.07) is 11.7. The molecular weight excluding hydrogens is 449 g/mol. The fourth-order valence-electron chi connectivity index (χ4n) is 1.82. The van der Waals surface area contributed by atoms with Gasteiger partial charge in [-0.15, -0.1) is 0 Å². The summed E-state index contributed by atoms with van der Waals surface area (Å²) in [6.07, 6.45) is -3.36. The molecule has 11 heteroatoms. The lowest BCUT2D eigenvalue weighted by molar-refractivity contribution is -0.192. The number of hydrogen-bond acceptors (Lipinski definition) is 5. The minimum atomic E-state index is -5.08. The van der Waals surface area contributed by atoms with Gasteiger partial charge < -0.3 is 10.1 Å². The van der Waals surface area contributed by atoms with Crippen LogP contribution in [0.25, 0.3) is 11.2 Å². The van der Waals surface area contributed by atoms with Crippen LogP contribution in [0.5, 0.6) is 0 Å². The third kappa shape index (κ3) is 5.97. The highest BCUT2D eigenvalue weighted by Crippen LogP contribution is 2.24. The first-order valence-corrected chi connectivity index (χ1v) is 8.90. The smallest absolute Gasteiger partial charge is 0.475 e. The first kappa shape index (κ1) is 20.7. The lowest BCUT2D eigenvalue weighted by Gasteiger charge is -2.01. The number of pyridine rings is 1. The number of alkyl halides is 3. The number of nitriles is 1. The summed E-state index contributed by atoms with van der Waals surface area (Å²) < 4.78 is 32.7. The Morgan fingerprint density at radius 1 is 1.37 bits per heavy atom. The Kier molecular flexibility index (Phi) is 6.81. The number of aliphatic carboxylic acids is 1. The number of carboxylic acid groups (broad SMARTS) is 1. The number of aromatic amines is 1. The summed E-state index contributed by atoms with van der Waals surface area (Å²) in [5, 5.41) is 17.0. The minimum absolute atomic E-state index is 0.698. The number of hydrogen-bond donors (Lipinski definition) is 2. The predicted molar refractivity (Wildman–Crippen MR) is 96.0 cm³/mol. The van der Waals surface area contributed by atoms with Crippen molar-refractivity contribution in [3.8, 4) is 6.07 Å². The molecule has 2 heterocycles. The summed E-state index contributed by atoms with van der Waals surface area (Å²) in [5.41, 5.74) is 3.31. The van der Waals surface area contributed by atoms with Crippen LogP contribution < -0.4 is 0 Å². The van der Waals surface area contributed by atoms with E-state index in [1.807, 2.05) is 30.3 Å². The number of nitrogens with one attached hydrogen (secondary N) is 1. The molecule has 3 rings (SSSR count). The van der Waals surface area contributed by atoms with Crippen molar-refractivity contribution in [2.75, 3.05) is 0 Å². The van der Waals surface area contributed by atoms with Gasteiger partial charge in [-0.05, 0) is 33.6 Å². The van der Waals surface area contributed by atoms with E-state index in [9.17, 15) is 13.2 Å². The van der Waals surface area contributed by atoms with Crippen molar-refractivity contribution < 1.29 is 23.1 Å². The standard InChI is InChI=1S/C14H9BrN4S.C2HF3O2/c15-11-5-12-13(17-7-11)19-14(18-12)20-8-10-4-2-1-3-9(10)6-16;3-2(4,5)1(6)7/h1-5,7H,8H2,(H,17,18,19);(H,6,7). The van der Waals surface area contributed by atoms with E-state index in [1.54, 1.807) is 18.0 Å². The summed E-state index contributed by atoms with van der Waals surface area (Å²) >= 11 is 4.94. The van der Waals surface area contributed by atoms with Gasteiger partial charge in [0.25, 0.3) is 0 Å². The highest BCUT2D eigenvalue weighted by Gasteiger charge is 2.38.